The molecule has 1 atom stereocenters. The maximum Gasteiger partial charge on any atom is 0.214 e. The van der Waals surface area contributed by atoms with Crippen LogP contribution in [-0.2, 0) is 6.42 Å². The zero-order valence-electron chi connectivity index (χ0n) is 13.6. The molecule has 3 heteroatoms. The lowest BCUT2D eigenvalue weighted by molar-refractivity contribution is 0.192. The van der Waals surface area contributed by atoms with Gasteiger partial charge in [-0.25, -0.2) is 4.98 Å². The van der Waals surface area contributed by atoms with Gasteiger partial charge in [0.1, 0.15) is 11.9 Å². The molecule has 1 saturated carbocycles. The molecule has 0 bridgehead atoms. The number of rotatable bonds is 3. The largest absolute Gasteiger partial charge is 0.490 e. The molecule has 120 valence electrons. The van der Waals surface area contributed by atoms with Crippen LogP contribution in [-0.4, -0.2) is 17.2 Å². The third-order valence-electron chi connectivity index (χ3n) is 4.82. The SMILES string of the molecule is CC1CCc2cc(-c3cccc(OC4CCCC4)n3)ccc2O1. The number of hydrogen-bond donors (Lipinski definition) is 0. The maximum absolute atomic E-state index is 6.03. The summed E-state index contributed by atoms with van der Waals surface area (Å²) in [6.07, 6.45) is 7.66. The van der Waals surface area contributed by atoms with Crippen molar-refractivity contribution in [2.75, 3.05) is 0 Å². The van der Waals surface area contributed by atoms with Gasteiger partial charge < -0.3 is 9.47 Å². The molecule has 1 aromatic heterocycles. The molecule has 3 nitrogen and oxygen atoms in total. The van der Waals surface area contributed by atoms with Gasteiger partial charge in [0.25, 0.3) is 0 Å². The van der Waals surface area contributed by atoms with Gasteiger partial charge in [-0.05, 0) is 75.3 Å². The van der Waals surface area contributed by atoms with Crippen molar-refractivity contribution in [3.63, 3.8) is 0 Å². The number of fused-ring (bicyclic) bond motifs is 1. The molecule has 0 radical (unpaired) electrons. The molecule has 4 rings (SSSR count). The third kappa shape index (κ3) is 3.19. The van der Waals surface area contributed by atoms with Crippen molar-refractivity contribution in [1.82, 2.24) is 4.98 Å². The van der Waals surface area contributed by atoms with Gasteiger partial charge in [0.05, 0.1) is 11.8 Å². The lowest BCUT2D eigenvalue weighted by atomic mass is 9.99. The Labute approximate surface area is 137 Å². The average molecular weight is 309 g/mol. The molecular weight excluding hydrogens is 286 g/mol. The number of pyridine rings is 1. The highest BCUT2D eigenvalue weighted by Gasteiger charge is 2.18. The first kappa shape index (κ1) is 14.6. The van der Waals surface area contributed by atoms with Crippen molar-refractivity contribution in [3.8, 4) is 22.9 Å². The molecule has 0 saturated heterocycles. The molecular formula is C20H23NO2. The Morgan fingerprint density at radius 1 is 1.09 bits per heavy atom. The Morgan fingerprint density at radius 3 is 2.83 bits per heavy atom. The Hall–Kier alpha value is -2.03. The Kier molecular flexibility index (Phi) is 3.94. The van der Waals surface area contributed by atoms with Crippen LogP contribution in [0.3, 0.4) is 0 Å². The molecule has 1 unspecified atom stereocenters. The fourth-order valence-electron chi connectivity index (χ4n) is 3.50. The van der Waals surface area contributed by atoms with Crippen LogP contribution in [0.1, 0.15) is 44.6 Å². The lowest BCUT2D eigenvalue weighted by Crippen LogP contribution is -2.18. The second kappa shape index (κ2) is 6.23. The van der Waals surface area contributed by atoms with Crippen LogP contribution in [0.4, 0.5) is 0 Å². The van der Waals surface area contributed by atoms with Gasteiger partial charge in [0, 0.05) is 11.6 Å². The molecule has 0 spiro atoms. The molecule has 1 aliphatic carbocycles. The number of hydrogen-bond acceptors (Lipinski definition) is 3. The molecule has 0 amide bonds. The van der Waals surface area contributed by atoms with E-state index in [-0.39, 0.29) is 0 Å². The van der Waals surface area contributed by atoms with Crippen molar-refractivity contribution < 1.29 is 9.47 Å². The maximum atomic E-state index is 6.03. The van der Waals surface area contributed by atoms with E-state index in [9.17, 15) is 0 Å². The highest BCUT2D eigenvalue weighted by molar-refractivity contribution is 5.62. The van der Waals surface area contributed by atoms with E-state index in [4.69, 9.17) is 14.5 Å². The normalized spacial score (nSPS) is 20.8. The van der Waals surface area contributed by atoms with Crippen molar-refractivity contribution in [3.05, 3.63) is 42.0 Å². The minimum absolute atomic E-state index is 0.314. The average Bonchev–Trinajstić information content (AvgIpc) is 3.07. The molecule has 0 N–H and O–H groups in total. The Morgan fingerprint density at radius 2 is 1.96 bits per heavy atom. The van der Waals surface area contributed by atoms with Gasteiger partial charge in [-0.1, -0.05) is 6.07 Å². The second-order valence-electron chi connectivity index (χ2n) is 6.68. The smallest absolute Gasteiger partial charge is 0.214 e. The molecule has 1 fully saturated rings. The Balaban J connectivity index is 1.57. The first-order chi connectivity index (χ1) is 11.3. The van der Waals surface area contributed by atoms with Crippen LogP contribution in [0.25, 0.3) is 11.3 Å². The van der Waals surface area contributed by atoms with Gasteiger partial charge >= 0.3 is 0 Å². The van der Waals surface area contributed by atoms with E-state index in [2.05, 4.69) is 31.2 Å². The number of nitrogens with zero attached hydrogens (tertiary/aromatic N) is 1. The molecule has 2 aliphatic rings. The van der Waals surface area contributed by atoms with Crippen LogP contribution in [0, 0.1) is 0 Å². The van der Waals surface area contributed by atoms with Crippen LogP contribution < -0.4 is 9.47 Å². The van der Waals surface area contributed by atoms with Crippen LogP contribution in [0.5, 0.6) is 11.6 Å². The van der Waals surface area contributed by atoms with E-state index in [1.54, 1.807) is 0 Å². The van der Waals surface area contributed by atoms with Crippen molar-refractivity contribution in [2.45, 2.75) is 57.7 Å². The molecule has 2 aromatic rings. The predicted octanol–water partition coefficient (Wildman–Crippen LogP) is 4.78. The van der Waals surface area contributed by atoms with Crippen LogP contribution >= 0.6 is 0 Å². The topological polar surface area (TPSA) is 31.4 Å². The molecule has 23 heavy (non-hydrogen) atoms. The summed E-state index contributed by atoms with van der Waals surface area (Å²) in [5, 5.41) is 0. The Bertz CT molecular complexity index is 692. The minimum atomic E-state index is 0.314. The van der Waals surface area contributed by atoms with Crippen LogP contribution in [0.15, 0.2) is 36.4 Å². The number of aromatic nitrogens is 1. The lowest BCUT2D eigenvalue weighted by Gasteiger charge is -2.23. The first-order valence-electron chi connectivity index (χ1n) is 8.71. The zero-order chi connectivity index (χ0) is 15.6. The fourth-order valence-corrected chi connectivity index (χ4v) is 3.50. The van der Waals surface area contributed by atoms with Gasteiger partial charge in [0.15, 0.2) is 0 Å². The highest BCUT2D eigenvalue weighted by Crippen LogP contribution is 2.32. The summed E-state index contributed by atoms with van der Waals surface area (Å²) >= 11 is 0. The summed E-state index contributed by atoms with van der Waals surface area (Å²) in [6, 6.07) is 12.4. The number of ether oxygens (including phenoxy) is 2. The summed E-state index contributed by atoms with van der Waals surface area (Å²) in [6.45, 7) is 2.13. The monoisotopic (exact) mass is 309 g/mol. The quantitative estimate of drug-likeness (QED) is 0.817. The second-order valence-corrected chi connectivity index (χ2v) is 6.68. The van der Waals surface area contributed by atoms with Crippen molar-refractivity contribution in [1.29, 1.82) is 0 Å². The van der Waals surface area contributed by atoms with E-state index in [0.29, 0.717) is 12.2 Å². The summed E-state index contributed by atoms with van der Waals surface area (Å²) in [4.78, 5) is 4.71. The molecule has 1 aromatic carbocycles. The van der Waals surface area contributed by atoms with Gasteiger partial charge in [-0.15, -0.1) is 0 Å². The summed E-state index contributed by atoms with van der Waals surface area (Å²) in [5.41, 5.74) is 3.39. The van der Waals surface area contributed by atoms with Crippen LogP contribution in [0.2, 0.25) is 0 Å². The summed E-state index contributed by atoms with van der Waals surface area (Å²) < 4.78 is 11.9. The number of benzene rings is 1. The number of aryl methyl sites for hydroxylation is 1. The van der Waals surface area contributed by atoms with E-state index < -0.39 is 0 Å². The standard InChI is InChI=1S/C20H23NO2/c1-14-9-10-16-13-15(11-12-19(16)22-14)18-7-4-8-20(21-18)23-17-5-2-3-6-17/h4,7-8,11-14,17H,2-3,5-6,9-10H2,1H3. The van der Waals surface area contributed by atoms with Gasteiger partial charge in [-0.2, -0.15) is 0 Å². The van der Waals surface area contributed by atoms with E-state index in [1.807, 2.05) is 12.1 Å². The van der Waals surface area contributed by atoms with Crippen molar-refractivity contribution >= 4 is 0 Å². The van der Waals surface area contributed by atoms with E-state index >= 15 is 0 Å². The summed E-state index contributed by atoms with van der Waals surface area (Å²) in [7, 11) is 0. The molecule has 1 aliphatic heterocycles. The first-order valence-corrected chi connectivity index (χ1v) is 8.71. The predicted molar refractivity (Wildman–Crippen MR) is 91.0 cm³/mol. The highest BCUT2D eigenvalue weighted by atomic mass is 16.5. The van der Waals surface area contributed by atoms with Gasteiger partial charge in [0.2, 0.25) is 5.88 Å². The van der Waals surface area contributed by atoms with Gasteiger partial charge in [-0.3, -0.25) is 0 Å². The van der Waals surface area contributed by atoms with E-state index in [1.165, 1.54) is 18.4 Å². The minimum Gasteiger partial charge on any atom is -0.490 e. The van der Waals surface area contributed by atoms with Crippen molar-refractivity contribution in [2.24, 2.45) is 0 Å². The third-order valence-corrected chi connectivity index (χ3v) is 4.82. The van der Waals surface area contributed by atoms with E-state index in [0.717, 1.165) is 48.6 Å². The molecule has 2 heterocycles. The summed E-state index contributed by atoms with van der Waals surface area (Å²) in [5.74, 6) is 1.77. The fraction of sp³-hybridized carbons (Fsp3) is 0.450. The zero-order valence-corrected chi connectivity index (χ0v) is 13.6.